The molecule has 2 heterocycles. The quantitative estimate of drug-likeness (QED) is 0.308. The van der Waals surface area contributed by atoms with Crippen molar-refractivity contribution < 1.29 is 28.8 Å². The fourth-order valence-electron chi connectivity index (χ4n) is 5.47. The van der Waals surface area contributed by atoms with Gasteiger partial charge in [-0.15, -0.1) is 0 Å². The molecule has 12 heteroatoms. The number of likely N-dealkylation sites (tertiary alicyclic amines) is 1. The second-order valence-corrected chi connectivity index (χ2v) is 10.7. The molecule has 3 rings (SSSR count). The van der Waals surface area contributed by atoms with E-state index in [1.54, 1.807) is 16.7 Å². The first-order chi connectivity index (χ1) is 19.6. The van der Waals surface area contributed by atoms with Gasteiger partial charge in [0.1, 0.15) is 6.04 Å². The van der Waals surface area contributed by atoms with Crippen LogP contribution >= 0.6 is 0 Å². The molecule has 0 bridgehead atoms. The Balaban J connectivity index is 1.65. The van der Waals surface area contributed by atoms with E-state index in [0.29, 0.717) is 18.5 Å². The molecule has 224 valence electrons. The lowest BCUT2D eigenvalue weighted by Crippen LogP contribution is -2.61. The van der Waals surface area contributed by atoms with Crippen LogP contribution in [0.25, 0.3) is 0 Å². The number of nitrogens with two attached hydrogens (primary N) is 2. The summed E-state index contributed by atoms with van der Waals surface area (Å²) in [6, 6.07) is 5.29. The average molecular weight is 571 g/mol. The number of likely N-dealkylation sites (N-methyl/N-ethyl adjacent to an activating group) is 1. The van der Waals surface area contributed by atoms with Crippen LogP contribution < -0.4 is 16.8 Å². The van der Waals surface area contributed by atoms with Crippen molar-refractivity contribution in [3.63, 3.8) is 0 Å². The molecule has 6 amide bonds. The molecule has 1 unspecified atom stereocenters. The Morgan fingerprint density at radius 2 is 1.29 bits per heavy atom. The standard InChI is InChI=1S/C29H42N6O6/c1-3-5-6-7-8-9-24(36)35-15-14-33(18-23(35)27(39)32-4-2)28(40)19-10-12-20(13-11-19)29(41)34-16-21(25(30)37)22(17-34)26(31)38/h10-13,21-23H,3-9,14-18H2,1-2H3,(H2,30,37)(H2,31,38)(H,32,39)/t21-,22-,23?/m1/s1. The Labute approximate surface area is 240 Å². The van der Waals surface area contributed by atoms with Crippen molar-refractivity contribution in [2.45, 2.75) is 58.4 Å². The highest BCUT2D eigenvalue weighted by Gasteiger charge is 2.42. The van der Waals surface area contributed by atoms with Crippen molar-refractivity contribution in [1.29, 1.82) is 0 Å². The summed E-state index contributed by atoms with van der Waals surface area (Å²) in [6.45, 7) is 4.95. The van der Waals surface area contributed by atoms with Crippen molar-refractivity contribution in [3.8, 4) is 0 Å². The molecule has 5 N–H and O–H groups in total. The van der Waals surface area contributed by atoms with E-state index in [4.69, 9.17) is 11.5 Å². The summed E-state index contributed by atoms with van der Waals surface area (Å²) >= 11 is 0. The summed E-state index contributed by atoms with van der Waals surface area (Å²) in [5.41, 5.74) is 11.4. The Bertz CT molecular complexity index is 1120. The third kappa shape index (κ3) is 7.83. The number of benzene rings is 1. The van der Waals surface area contributed by atoms with Crippen molar-refractivity contribution in [2.75, 3.05) is 39.3 Å². The van der Waals surface area contributed by atoms with E-state index in [9.17, 15) is 28.8 Å². The molecule has 1 aromatic carbocycles. The predicted octanol–water partition coefficient (Wildman–Crippen LogP) is 0.495. The molecule has 12 nitrogen and oxygen atoms in total. The first-order valence-electron chi connectivity index (χ1n) is 14.4. The van der Waals surface area contributed by atoms with Crippen molar-refractivity contribution in [3.05, 3.63) is 35.4 Å². The average Bonchev–Trinajstić information content (AvgIpc) is 3.43. The molecular weight excluding hydrogens is 528 g/mol. The maximum Gasteiger partial charge on any atom is 0.253 e. The highest BCUT2D eigenvalue weighted by atomic mass is 16.2. The van der Waals surface area contributed by atoms with Gasteiger partial charge in [-0.25, -0.2) is 0 Å². The zero-order valence-electron chi connectivity index (χ0n) is 24.0. The summed E-state index contributed by atoms with van der Waals surface area (Å²) in [7, 11) is 0. The Morgan fingerprint density at radius 1 is 0.756 bits per heavy atom. The Hall–Kier alpha value is -3.96. The van der Waals surface area contributed by atoms with Gasteiger partial charge in [-0.05, 0) is 37.6 Å². The van der Waals surface area contributed by atoms with E-state index < -0.39 is 35.6 Å². The van der Waals surface area contributed by atoms with Crippen molar-refractivity contribution >= 4 is 35.4 Å². The fourth-order valence-corrected chi connectivity index (χ4v) is 5.47. The predicted molar refractivity (Wildman–Crippen MR) is 151 cm³/mol. The van der Waals surface area contributed by atoms with Gasteiger partial charge in [0.2, 0.25) is 23.6 Å². The van der Waals surface area contributed by atoms with Gasteiger partial charge in [0, 0.05) is 50.3 Å². The maximum absolute atomic E-state index is 13.3. The summed E-state index contributed by atoms with van der Waals surface area (Å²) in [4.78, 5) is 80.1. The largest absolute Gasteiger partial charge is 0.369 e. The third-order valence-electron chi connectivity index (χ3n) is 7.85. The minimum Gasteiger partial charge on any atom is -0.369 e. The molecule has 2 fully saturated rings. The van der Waals surface area contributed by atoms with Crippen LogP contribution in [0, 0.1) is 11.8 Å². The van der Waals surface area contributed by atoms with Gasteiger partial charge in [-0.1, -0.05) is 32.6 Å². The van der Waals surface area contributed by atoms with Gasteiger partial charge < -0.3 is 31.5 Å². The number of primary amides is 2. The number of rotatable bonds is 12. The van der Waals surface area contributed by atoms with Crippen LogP contribution in [-0.4, -0.2) is 95.5 Å². The van der Waals surface area contributed by atoms with Crippen molar-refractivity contribution in [2.24, 2.45) is 23.3 Å². The van der Waals surface area contributed by atoms with Gasteiger partial charge in [-0.3, -0.25) is 28.8 Å². The zero-order chi connectivity index (χ0) is 30.1. The number of unbranched alkanes of at least 4 members (excludes halogenated alkanes) is 4. The second-order valence-electron chi connectivity index (χ2n) is 10.7. The molecule has 0 spiro atoms. The second kappa shape index (κ2) is 14.6. The normalized spacial score (nSPS) is 20.5. The van der Waals surface area contributed by atoms with Gasteiger partial charge in [0.25, 0.3) is 11.8 Å². The lowest BCUT2D eigenvalue weighted by atomic mass is 9.95. The van der Waals surface area contributed by atoms with Crippen LogP contribution in [0.15, 0.2) is 24.3 Å². The number of nitrogens with one attached hydrogen (secondary N) is 1. The molecule has 3 atom stereocenters. The third-order valence-corrected chi connectivity index (χ3v) is 7.85. The Morgan fingerprint density at radius 3 is 1.80 bits per heavy atom. The summed E-state index contributed by atoms with van der Waals surface area (Å²) in [6.07, 6.45) is 5.45. The van der Waals surface area contributed by atoms with Crippen LogP contribution in [0.2, 0.25) is 0 Å². The minimum absolute atomic E-state index is 0.00853. The summed E-state index contributed by atoms with van der Waals surface area (Å²) in [5, 5.41) is 2.78. The van der Waals surface area contributed by atoms with E-state index in [-0.39, 0.29) is 56.0 Å². The van der Waals surface area contributed by atoms with E-state index in [2.05, 4.69) is 12.2 Å². The van der Waals surface area contributed by atoms with E-state index in [0.717, 1.165) is 32.1 Å². The number of carbonyl (C=O) groups is 6. The molecule has 2 aliphatic heterocycles. The minimum atomic E-state index is -0.846. The number of piperazine rings is 1. The highest BCUT2D eigenvalue weighted by Crippen LogP contribution is 2.25. The van der Waals surface area contributed by atoms with Gasteiger partial charge >= 0.3 is 0 Å². The first kappa shape index (κ1) is 31.6. The van der Waals surface area contributed by atoms with Crippen LogP contribution in [0.4, 0.5) is 0 Å². The summed E-state index contributed by atoms with van der Waals surface area (Å²) in [5.74, 6) is -4.16. The monoisotopic (exact) mass is 570 g/mol. The van der Waals surface area contributed by atoms with E-state index >= 15 is 0 Å². The molecule has 0 saturated carbocycles. The number of hydrogen-bond acceptors (Lipinski definition) is 6. The zero-order valence-corrected chi connectivity index (χ0v) is 24.0. The van der Waals surface area contributed by atoms with Crippen LogP contribution in [0.3, 0.4) is 0 Å². The SMILES string of the molecule is CCCCCCCC(=O)N1CCN(C(=O)c2ccc(C(=O)N3C[C@@H](C(N)=O)[C@H](C(N)=O)C3)cc2)CC1C(=O)NCC. The van der Waals surface area contributed by atoms with Crippen molar-refractivity contribution in [1.82, 2.24) is 20.0 Å². The molecule has 0 aromatic heterocycles. The lowest BCUT2D eigenvalue weighted by molar-refractivity contribution is -0.143. The molecular formula is C29H42N6O6. The number of amides is 6. The van der Waals surface area contributed by atoms with Gasteiger partial charge in [-0.2, -0.15) is 0 Å². The molecule has 2 saturated heterocycles. The number of carbonyl (C=O) groups excluding carboxylic acids is 6. The van der Waals surface area contributed by atoms with Crippen LogP contribution in [0.1, 0.15) is 73.1 Å². The van der Waals surface area contributed by atoms with Gasteiger partial charge in [0.15, 0.2) is 0 Å². The molecule has 0 aliphatic carbocycles. The molecule has 2 aliphatic rings. The lowest BCUT2D eigenvalue weighted by Gasteiger charge is -2.40. The number of nitrogens with zero attached hydrogens (tertiary/aromatic N) is 3. The fraction of sp³-hybridized carbons (Fsp3) is 0.586. The van der Waals surface area contributed by atoms with Crippen LogP contribution in [-0.2, 0) is 19.2 Å². The Kier molecular flexibility index (Phi) is 11.2. The van der Waals surface area contributed by atoms with Crippen LogP contribution in [0.5, 0.6) is 0 Å². The maximum atomic E-state index is 13.3. The molecule has 1 aromatic rings. The van der Waals surface area contributed by atoms with E-state index in [1.807, 2.05) is 0 Å². The van der Waals surface area contributed by atoms with Gasteiger partial charge in [0.05, 0.1) is 18.4 Å². The summed E-state index contributed by atoms with van der Waals surface area (Å²) < 4.78 is 0. The smallest absolute Gasteiger partial charge is 0.253 e. The molecule has 0 radical (unpaired) electrons. The highest BCUT2D eigenvalue weighted by molar-refractivity contribution is 5.99. The van der Waals surface area contributed by atoms with E-state index in [1.165, 1.54) is 29.2 Å². The molecule has 41 heavy (non-hydrogen) atoms. The first-order valence-corrected chi connectivity index (χ1v) is 14.4. The number of hydrogen-bond donors (Lipinski definition) is 3. The topological polar surface area (TPSA) is 176 Å².